The largest absolute Gasteiger partial charge is 0.357 e. The van der Waals surface area contributed by atoms with Crippen molar-refractivity contribution in [2.24, 2.45) is 10.9 Å². The van der Waals surface area contributed by atoms with Gasteiger partial charge in [0, 0.05) is 24.7 Å². The molecule has 0 fully saturated rings. The van der Waals surface area contributed by atoms with Gasteiger partial charge in [-0.25, -0.2) is 4.99 Å². The molecule has 2 aromatic rings. The van der Waals surface area contributed by atoms with E-state index in [0.29, 0.717) is 6.54 Å². The zero-order valence-corrected chi connectivity index (χ0v) is 14.5. The Morgan fingerprint density at radius 3 is 2.78 bits per heavy atom. The minimum atomic E-state index is 0.633. The van der Waals surface area contributed by atoms with Crippen molar-refractivity contribution >= 4 is 16.9 Å². The molecule has 0 aliphatic carbocycles. The van der Waals surface area contributed by atoms with Gasteiger partial charge >= 0.3 is 0 Å². The number of rotatable bonds is 7. The highest BCUT2D eigenvalue weighted by Gasteiger charge is 2.02. The van der Waals surface area contributed by atoms with Crippen LogP contribution in [0.1, 0.15) is 39.2 Å². The van der Waals surface area contributed by atoms with Crippen LogP contribution < -0.4 is 10.6 Å². The molecule has 124 valence electrons. The lowest BCUT2D eigenvalue weighted by molar-refractivity contribution is 0.549. The van der Waals surface area contributed by atoms with Crippen LogP contribution in [0.15, 0.2) is 41.5 Å². The smallest absolute Gasteiger partial charge is 0.191 e. The molecule has 0 saturated heterocycles. The van der Waals surface area contributed by atoms with Crippen molar-refractivity contribution in [2.45, 2.75) is 40.2 Å². The zero-order chi connectivity index (χ0) is 16.5. The van der Waals surface area contributed by atoms with E-state index in [-0.39, 0.29) is 0 Å². The second kappa shape index (κ2) is 9.13. The van der Waals surface area contributed by atoms with Crippen molar-refractivity contribution < 1.29 is 0 Å². The van der Waals surface area contributed by atoms with Crippen molar-refractivity contribution in [3.63, 3.8) is 0 Å². The fourth-order valence-electron chi connectivity index (χ4n) is 2.52. The topological polar surface area (TPSA) is 49.3 Å². The molecule has 1 heterocycles. The number of hydrogen-bond donors (Lipinski definition) is 2. The molecule has 0 aliphatic heterocycles. The second-order valence-corrected chi connectivity index (χ2v) is 6.15. The Labute approximate surface area is 139 Å². The average Bonchev–Trinajstić information content (AvgIpc) is 2.56. The summed E-state index contributed by atoms with van der Waals surface area (Å²) in [6.07, 6.45) is 4.24. The van der Waals surface area contributed by atoms with E-state index in [4.69, 9.17) is 4.99 Å². The van der Waals surface area contributed by atoms with E-state index in [1.165, 1.54) is 6.42 Å². The molecule has 0 atom stereocenters. The summed E-state index contributed by atoms with van der Waals surface area (Å²) in [5, 5.41) is 7.88. The second-order valence-electron chi connectivity index (χ2n) is 6.15. The standard InChI is InChI=1S/C19H28N4/c1-4-20-19(22-13-6-8-15(2)3)23-14-17-10-5-9-16-11-7-12-21-18(16)17/h5,7,9-12,15H,4,6,8,13-14H2,1-3H3,(H2,20,22,23). The molecule has 0 unspecified atom stereocenters. The van der Waals surface area contributed by atoms with Crippen molar-refractivity contribution in [2.75, 3.05) is 13.1 Å². The summed E-state index contributed by atoms with van der Waals surface area (Å²) < 4.78 is 0. The van der Waals surface area contributed by atoms with Gasteiger partial charge in [-0.1, -0.05) is 38.1 Å². The highest BCUT2D eigenvalue weighted by atomic mass is 15.2. The number of hydrogen-bond acceptors (Lipinski definition) is 2. The van der Waals surface area contributed by atoms with Gasteiger partial charge in [0.05, 0.1) is 12.1 Å². The van der Waals surface area contributed by atoms with E-state index < -0.39 is 0 Å². The number of aliphatic imine (C=N–C) groups is 1. The predicted molar refractivity (Wildman–Crippen MR) is 98.6 cm³/mol. The highest BCUT2D eigenvalue weighted by Crippen LogP contribution is 2.16. The Hall–Kier alpha value is -2.10. The van der Waals surface area contributed by atoms with Gasteiger partial charge in [0.2, 0.25) is 0 Å². The summed E-state index contributed by atoms with van der Waals surface area (Å²) in [5.74, 6) is 1.63. The van der Waals surface area contributed by atoms with E-state index in [1.807, 2.05) is 12.3 Å². The van der Waals surface area contributed by atoms with Crippen molar-refractivity contribution in [1.82, 2.24) is 15.6 Å². The maximum absolute atomic E-state index is 4.70. The maximum Gasteiger partial charge on any atom is 0.191 e. The van der Waals surface area contributed by atoms with Gasteiger partial charge in [-0.15, -0.1) is 0 Å². The molecular weight excluding hydrogens is 284 g/mol. The molecule has 4 heteroatoms. The summed E-state index contributed by atoms with van der Waals surface area (Å²) in [6, 6.07) is 10.3. The summed E-state index contributed by atoms with van der Waals surface area (Å²) in [5.41, 5.74) is 2.19. The van der Waals surface area contributed by atoms with E-state index in [2.05, 4.69) is 60.7 Å². The summed E-state index contributed by atoms with van der Waals surface area (Å²) in [7, 11) is 0. The summed E-state index contributed by atoms with van der Waals surface area (Å²) >= 11 is 0. The van der Waals surface area contributed by atoms with Crippen molar-refractivity contribution in [3.8, 4) is 0 Å². The van der Waals surface area contributed by atoms with E-state index in [9.17, 15) is 0 Å². The molecule has 0 spiro atoms. The number of aromatic nitrogens is 1. The van der Waals surface area contributed by atoms with Gasteiger partial charge in [0.15, 0.2) is 5.96 Å². The van der Waals surface area contributed by atoms with Gasteiger partial charge in [-0.3, -0.25) is 4.98 Å². The van der Waals surface area contributed by atoms with E-state index in [0.717, 1.165) is 47.9 Å². The van der Waals surface area contributed by atoms with Gasteiger partial charge in [0.1, 0.15) is 0 Å². The Bertz CT molecular complexity index is 629. The van der Waals surface area contributed by atoms with Crippen molar-refractivity contribution in [1.29, 1.82) is 0 Å². The SMILES string of the molecule is CCNC(=NCc1cccc2cccnc12)NCCCC(C)C. The van der Waals surface area contributed by atoms with E-state index in [1.54, 1.807) is 0 Å². The average molecular weight is 312 g/mol. The quantitative estimate of drug-likeness (QED) is 0.465. The fraction of sp³-hybridized carbons (Fsp3) is 0.474. The predicted octanol–water partition coefficient (Wildman–Crippen LogP) is 3.73. The van der Waals surface area contributed by atoms with Crippen LogP contribution in [-0.2, 0) is 6.54 Å². The molecular formula is C19H28N4. The lowest BCUT2D eigenvalue weighted by Crippen LogP contribution is -2.37. The molecule has 1 aromatic carbocycles. The minimum absolute atomic E-state index is 0.633. The van der Waals surface area contributed by atoms with Gasteiger partial charge < -0.3 is 10.6 Å². The number of guanidine groups is 1. The highest BCUT2D eigenvalue weighted by molar-refractivity contribution is 5.83. The van der Waals surface area contributed by atoms with Gasteiger partial charge in [0.25, 0.3) is 0 Å². The molecule has 0 bridgehead atoms. The summed E-state index contributed by atoms with van der Waals surface area (Å²) in [6.45, 7) is 9.06. The Morgan fingerprint density at radius 2 is 2.00 bits per heavy atom. The lowest BCUT2D eigenvalue weighted by Gasteiger charge is -2.12. The molecule has 0 amide bonds. The molecule has 1 aromatic heterocycles. The molecule has 0 saturated carbocycles. The van der Waals surface area contributed by atoms with Crippen LogP contribution >= 0.6 is 0 Å². The van der Waals surface area contributed by atoms with Crippen LogP contribution in [0.3, 0.4) is 0 Å². The van der Waals surface area contributed by atoms with Gasteiger partial charge in [-0.05, 0) is 37.3 Å². The molecule has 0 radical (unpaired) electrons. The first-order chi connectivity index (χ1) is 11.2. The van der Waals surface area contributed by atoms with Crippen LogP contribution in [0.5, 0.6) is 0 Å². The molecule has 4 nitrogen and oxygen atoms in total. The molecule has 2 N–H and O–H groups in total. The fourth-order valence-corrected chi connectivity index (χ4v) is 2.52. The van der Waals surface area contributed by atoms with Crippen LogP contribution in [-0.4, -0.2) is 24.0 Å². The molecule has 0 aliphatic rings. The normalized spacial score (nSPS) is 11.9. The zero-order valence-electron chi connectivity index (χ0n) is 14.5. The van der Waals surface area contributed by atoms with E-state index >= 15 is 0 Å². The monoisotopic (exact) mass is 312 g/mol. The van der Waals surface area contributed by atoms with Gasteiger partial charge in [-0.2, -0.15) is 0 Å². The number of nitrogens with one attached hydrogen (secondary N) is 2. The summed E-state index contributed by atoms with van der Waals surface area (Å²) in [4.78, 5) is 9.19. The Kier molecular flexibility index (Phi) is 6.85. The Morgan fingerprint density at radius 1 is 1.17 bits per heavy atom. The third-order valence-electron chi connectivity index (χ3n) is 3.72. The first-order valence-corrected chi connectivity index (χ1v) is 8.55. The molecule has 2 rings (SSSR count). The van der Waals surface area contributed by atoms with Crippen molar-refractivity contribution in [3.05, 3.63) is 42.1 Å². The first kappa shape index (κ1) is 17.3. The van der Waals surface area contributed by atoms with Crippen LogP contribution in [0.4, 0.5) is 0 Å². The molecule has 23 heavy (non-hydrogen) atoms. The third kappa shape index (κ3) is 5.55. The number of nitrogens with zero attached hydrogens (tertiary/aromatic N) is 2. The number of para-hydroxylation sites is 1. The number of benzene rings is 1. The number of fused-ring (bicyclic) bond motifs is 1. The number of pyridine rings is 1. The Balaban J connectivity index is 2.01. The third-order valence-corrected chi connectivity index (χ3v) is 3.72. The minimum Gasteiger partial charge on any atom is -0.357 e. The maximum atomic E-state index is 4.70. The van der Waals surface area contributed by atoms with Crippen LogP contribution in [0, 0.1) is 5.92 Å². The first-order valence-electron chi connectivity index (χ1n) is 8.55. The van der Waals surface area contributed by atoms with Crippen LogP contribution in [0.25, 0.3) is 10.9 Å². The van der Waals surface area contributed by atoms with Crippen LogP contribution in [0.2, 0.25) is 0 Å². The lowest BCUT2D eigenvalue weighted by atomic mass is 10.1.